The van der Waals surface area contributed by atoms with Crippen LogP contribution >= 0.6 is 20.8 Å². The van der Waals surface area contributed by atoms with Crippen LogP contribution in [0.1, 0.15) is 35.3 Å². The van der Waals surface area contributed by atoms with Crippen molar-refractivity contribution in [1.29, 1.82) is 0 Å². The van der Waals surface area contributed by atoms with Crippen LogP contribution < -0.4 is 15.8 Å². The van der Waals surface area contributed by atoms with Crippen molar-refractivity contribution in [2.45, 2.75) is 19.4 Å². The third-order valence-corrected chi connectivity index (χ3v) is 4.90. The monoisotopic (exact) mass is 446 g/mol. The highest BCUT2D eigenvalue weighted by molar-refractivity contribution is 7.22. The number of hydrogen-bond donors (Lipinski definition) is 3. The number of ether oxygens (including phenoxy) is 1. The Balaban J connectivity index is 2.04. The fourth-order valence-corrected chi connectivity index (χ4v) is 2.92. The summed E-state index contributed by atoms with van der Waals surface area (Å²) >= 11 is 5.87. The number of carboxylic acid groups (broad SMARTS) is 1. The largest absolute Gasteiger partial charge is 0.493 e. The molecule has 2 rings (SSSR count). The first-order valence-electron chi connectivity index (χ1n) is 9.20. The van der Waals surface area contributed by atoms with E-state index in [1.807, 2.05) is 6.92 Å². The zero-order chi connectivity index (χ0) is 22.1. The van der Waals surface area contributed by atoms with Gasteiger partial charge in [-0.2, -0.15) is 0 Å². The molecule has 0 saturated carbocycles. The molecule has 0 saturated heterocycles. The van der Waals surface area contributed by atoms with Crippen LogP contribution in [0.3, 0.4) is 0 Å². The quantitative estimate of drug-likeness (QED) is 0.303. The number of nitrogens with two attached hydrogens (primary N) is 1. The number of benzene rings is 2. The van der Waals surface area contributed by atoms with E-state index in [9.17, 15) is 9.59 Å². The first kappa shape index (κ1) is 23.5. The van der Waals surface area contributed by atoms with Crippen molar-refractivity contribution in [3.8, 4) is 5.75 Å². The van der Waals surface area contributed by atoms with Gasteiger partial charge in [-0.3, -0.25) is 4.79 Å². The van der Waals surface area contributed by atoms with Gasteiger partial charge in [0.25, 0.3) is 0 Å². The lowest BCUT2D eigenvalue weighted by Gasteiger charge is -2.17. The van der Waals surface area contributed by atoms with Crippen molar-refractivity contribution >= 4 is 32.7 Å². The van der Waals surface area contributed by atoms with Crippen LogP contribution in [0.4, 0.5) is 0 Å². The molecule has 0 aliphatic carbocycles. The second-order valence-electron chi connectivity index (χ2n) is 6.51. The minimum atomic E-state index is -0.995. The number of amides is 1. The second kappa shape index (κ2) is 11.4. The van der Waals surface area contributed by atoms with E-state index in [0.29, 0.717) is 34.7 Å². The zero-order valence-electron chi connectivity index (χ0n) is 16.5. The third kappa shape index (κ3) is 7.21. The lowest BCUT2D eigenvalue weighted by atomic mass is 10.0. The number of halogens is 1. The summed E-state index contributed by atoms with van der Waals surface area (Å²) < 4.78 is 5.69. The van der Waals surface area contributed by atoms with Gasteiger partial charge in [-0.25, -0.2) is 4.79 Å². The van der Waals surface area contributed by atoms with Crippen molar-refractivity contribution < 1.29 is 19.4 Å². The van der Waals surface area contributed by atoms with Crippen LogP contribution in [-0.4, -0.2) is 23.6 Å². The maximum absolute atomic E-state index is 12.8. The van der Waals surface area contributed by atoms with E-state index < -0.39 is 5.97 Å². The summed E-state index contributed by atoms with van der Waals surface area (Å²) in [4.78, 5) is 23.8. The number of aromatic carboxylic acids is 1. The molecule has 8 heteroatoms. The molecule has 0 aliphatic heterocycles. The number of hydrogen-bond acceptors (Lipinski definition) is 4. The van der Waals surface area contributed by atoms with E-state index in [1.165, 1.54) is 18.3 Å². The lowest BCUT2D eigenvalue weighted by Crippen LogP contribution is -2.28. The summed E-state index contributed by atoms with van der Waals surface area (Å²) in [6.45, 7) is 2.13. The van der Waals surface area contributed by atoms with E-state index in [2.05, 4.69) is 14.6 Å². The van der Waals surface area contributed by atoms with Crippen molar-refractivity contribution in [3.05, 3.63) is 87.8 Å². The van der Waals surface area contributed by atoms with Crippen LogP contribution in [0, 0.1) is 0 Å². The highest BCUT2D eigenvalue weighted by Crippen LogP contribution is 2.19. The maximum Gasteiger partial charge on any atom is 0.335 e. The summed E-state index contributed by atoms with van der Waals surface area (Å²) in [5.74, 6) is -0.594. The van der Waals surface area contributed by atoms with E-state index in [4.69, 9.17) is 27.2 Å². The summed E-state index contributed by atoms with van der Waals surface area (Å²) in [6, 6.07) is 13.1. The predicted molar refractivity (Wildman–Crippen MR) is 122 cm³/mol. The molecule has 1 amide bonds. The van der Waals surface area contributed by atoms with Crippen LogP contribution in [0.5, 0.6) is 5.75 Å². The number of carboxylic acids is 1. The van der Waals surface area contributed by atoms with E-state index >= 15 is 0 Å². The summed E-state index contributed by atoms with van der Waals surface area (Å²) in [6.07, 6.45) is 3.45. The molecule has 0 fully saturated rings. The number of carbonyl (C=O) groups is 2. The van der Waals surface area contributed by atoms with Gasteiger partial charge in [0.15, 0.2) is 0 Å². The van der Waals surface area contributed by atoms with Gasteiger partial charge in [0.05, 0.1) is 18.2 Å². The molecule has 0 heterocycles. The third-order valence-electron chi connectivity index (χ3n) is 4.28. The molecule has 30 heavy (non-hydrogen) atoms. The van der Waals surface area contributed by atoms with Crippen LogP contribution in [0.15, 0.2) is 71.7 Å². The molecule has 0 bridgehead atoms. The Bertz CT molecular complexity index is 941. The molecule has 2 aromatic carbocycles. The molecule has 158 valence electrons. The fraction of sp³-hybridized carbons (Fsp3) is 0.182. The minimum Gasteiger partial charge on any atom is -0.493 e. The van der Waals surface area contributed by atoms with Gasteiger partial charge in [0.1, 0.15) is 5.75 Å². The highest BCUT2D eigenvalue weighted by atomic mass is 35.5. The van der Waals surface area contributed by atoms with Crippen LogP contribution in [0.2, 0.25) is 5.02 Å². The second-order valence-corrected chi connectivity index (χ2v) is 7.61. The Morgan fingerprint density at radius 2 is 1.83 bits per heavy atom. The number of carbonyl (C=O) groups excluding carboxylic acids is 1. The normalized spacial score (nSPS) is 12.9. The summed E-state index contributed by atoms with van der Waals surface area (Å²) in [7, 11) is 2.47. The topological polar surface area (TPSA) is 102 Å². The first-order valence-corrected chi connectivity index (χ1v) is 10.2. The smallest absolute Gasteiger partial charge is 0.335 e. The number of rotatable bonds is 9. The Kier molecular flexibility index (Phi) is 8.90. The van der Waals surface area contributed by atoms with Crippen molar-refractivity contribution in [2.75, 3.05) is 6.61 Å². The molecule has 2 aromatic rings. The molecule has 2 atom stereocenters. The molecule has 0 aromatic heterocycles. The van der Waals surface area contributed by atoms with Gasteiger partial charge in [-0.1, -0.05) is 23.7 Å². The van der Waals surface area contributed by atoms with E-state index in [0.717, 1.165) is 5.56 Å². The van der Waals surface area contributed by atoms with Crippen molar-refractivity contribution in [2.24, 2.45) is 5.73 Å². The van der Waals surface area contributed by atoms with Gasteiger partial charge in [-0.05, 0) is 60.3 Å². The van der Waals surface area contributed by atoms with Crippen LogP contribution in [0.25, 0.3) is 0 Å². The fourth-order valence-electron chi connectivity index (χ4n) is 2.60. The van der Waals surface area contributed by atoms with Gasteiger partial charge < -0.3 is 20.9 Å². The van der Waals surface area contributed by atoms with Crippen LogP contribution in [-0.2, 0) is 4.79 Å². The summed E-state index contributed by atoms with van der Waals surface area (Å²) in [5.41, 5.74) is 7.03. The number of nitrogens with one attached hydrogen (secondary N) is 1. The molecule has 6 nitrogen and oxygen atoms in total. The Morgan fingerprint density at radius 3 is 2.40 bits per heavy atom. The molecule has 4 N–H and O–H groups in total. The average Bonchev–Trinajstić information content (AvgIpc) is 2.74. The zero-order valence-corrected chi connectivity index (χ0v) is 18.4. The Morgan fingerprint density at radius 1 is 1.20 bits per heavy atom. The first-order chi connectivity index (χ1) is 14.3. The van der Waals surface area contributed by atoms with Crippen molar-refractivity contribution in [3.63, 3.8) is 0 Å². The lowest BCUT2D eigenvalue weighted by molar-refractivity contribution is -0.118. The molecular weight excluding hydrogens is 423 g/mol. The summed E-state index contributed by atoms with van der Waals surface area (Å²) in [5, 5.41) is 13.2. The molecule has 2 unspecified atom stereocenters. The SMILES string of the molecule is CC(NC(=O)/C(=C/C(P)=C\N)CCOc1ccc(Cl)cc1)c1ccc(C(=O)O)cc1. The Labute approximate surface area is 183 Å². The highest BCUT2D eigenvalue weighted by Gasteiger charge is 2.15. The van der Waals surface area contributed by atoms with Gasteiger partial charge in [-0.15, -0.1) is 9.24 Å². The standard InChI is InChI=1S/C22H24ClN2O4P/c1-14(15-2-4-16(5-3-15)22(27)28)25-21(26)17(12-20(30)13-24)10-11-29-19-8-6-18(23)7-9-19/h2-9,12-14H,10-11,24,30H2,1H3,(H,25,26)(H,27,28)/b17-12+,20-13+. The molecule has 0 spiro atoms. The maximum atomic E-state index is 12.8. The predicted octanol–water partition coefficient (Wildman–Crippen LogP) is 4.29. The molecular formula is C22H24ClN2O4P. The van der Waals surface area contributed by atoms with Gasteiger partial charge in [0, 0.05) is 23.2 Å². The average molecular weight is 447 g/mol. The Hall–Kier alpha value is -2.82. The van der Waals surface area contributed by atoms with E-state index in [1.54, 1.807) is 42.5 Å². The minimum absolute atomic E-state index is 0.193. The van der Waals surface area contributed by atoms with Gasteiger partial charge >= 0.3 is 5.97 Å². The van der Waals surface area contributed by atoms with E-state index in [-0.39, 0.29) is 17.5 Å². The molecule has 0 radical (unpaired) electrons. The molecule has 0 aliphatic rings. The van der Waals surface area contributed by atoms with Gasteiger partial charge in [0.2, 0.25) is 5.91 Å². The van der Waals surface area contributed by atoms with Crippen molar-refractivity contribution in [1.82, 2.24) is 5.32 Å². The number of allylic oxidation sites excluding steroid dienone is 2.